The van der Waals surface area contributed by atoms with Crippen molar-refractivity contribution in [3.63, 3.8) is 0 Å². The molecule has 0 saturated carbocycles. The van der Waals surface area contributed by atoms with E-state index < -0.39 is 17.5 Å². The zero-order valence-electron chi connectivity index (χ0n) is 18.2. The first-order valence-corrected chi connectivity index (χ1v) is 10.6. The number of piperazine rings is 1. The molecule has 4 rings (SSSR count). The van der Waals surface area contributed by atoms with Gasteiger partial charge in [-0.05, 0) is 54.6 Å². The molecule has 170 valence electrons. The highest BCUT2D eigenvalue weighted by molar-refractivity contribution is 5.68. The van der Waals surface area contributed by atoms with E-state index in [0.29, 0.717) is 17.7 Å². The Morgan fingerprint density at radius 2 is 1.69 bits per heavy atom. The van der Waals surface area contributed by atoms with Crippen LogP contribution in [0.15, 0.2) is 54.2 Å². The van der Waals surface area contributed by atoms with Crippen LogP contribution in [0.4, 0.5) is 13.2 Å². The first-order chi connectivity index (χ1) is 15.4. The van der Waals surface area contributed by atoms with Gasteiger partial charge in [-0.1, -0.05) is 6.07 Å². The molecule has 0 spiro atoms. The molecule has 2 aromatic rings. The third-order valence-corrected chi connectivity index (χ3v) is 5.72. The maximum absolute atomic E-state index is 14.3. The number of hydrazine groups is 1. The van der Waals surface area contributed by atoms with Crippen molar-refractivity contribution in [2.75, 3.05) is 46.9 Å². The van der Waals surface area contributed by atoms with E-state index in [1.807, 2.05) is 17.3 Å². The fourth-order valence-corrected chi connectivity index (χ4v) is 3.89. The Morgan fingerprint density at radius 1 is 0.906 bits per heavy atom. The van der Waals surface area contributed by atoms with Crippen LogP contribution in [0, 0.1) is 17.5 Å². The first kappa shape index (κ1) is 22.2. The van der Waals surface area contributed by atoms with Gasteiger partial charge in [0.25, 0.3) is 0 Å². The van der Waals surface area contributed by atoms with Crippen LogP contribution in [0.5, 0.6) is 5.75 Å². The third kappa shape index (κ3) is 5.26. The molecule has 0 radical (unpaired) electrons. The molecular weight excluding hydrogens is 417 g/mol. The van der Waals surface area contributed by atoms with E-state index in [1.54, 1.807) is 18.2 Å². The number of nitrogens with zero attached hydrogens (tertiary/aromatic N) is 3. The minimum Gasteiger partial charge on any atom is -0.494 e. The van der Waals surface area contributed by atoms with Crippen molar-refractivity contribution in [3.05, 3.63) is 82.8 Å². The molecule has 0 bridgehead atoms. The number of hydrogen-bond donors (Lipinski definition) is 1. The Labute approximate surface area is 186 Å². The second-order valence-corrected chi connectivity index (χ2v) is 8.18. The summed E-state index contributed by atoms with van der Waals surface area (Å²) >= 11 is 0. The van der Waals surface area contributed by atoms with Crippen molar-refractivity contribution in [1.29, 1.82) is 0 Å². The average Bonchev–Trinajstić information content (AvgIpc) is 2.78. The molecule has 2 heterocycles. The van der Waals surface area contributed by atoms with E-state index in [4.69, 9.17) is 4.74 Å². The van der Waals surface area contributed by atoms with Gasteiger partial charge < -0.3 is 9.64 Å². The van der Waals surface area contributed by atoms with Gasteiger partial charge in [-0.3, -0.25) is 15.3 Å². The summed E-state index contributed by atoms with van der Waals surface area (Å²) in [7, 11) is 3.54. The lowest BCUT2D eigenvalue weighted by Crippen LogP contribution is -2.45. The molecule has 0 amide bonds. The lowest BCUT2D eigenvalue weighted by Gasteiger charge is -2.35. The van der Waals surface area contributed by atoms with Crippen LogP contribution in [-0.2, 0) is 6.54 Å². The molecule has 5 nitrogen and oxygen atoms in total. The maximum Gasteiger partial charge on any atom is 0.165 e. The molecule has 2 aromatic carbocycles. The van der Waals surface area contributed by atoms with Gasteiger partial charge in [-0.15, -0.1) is 0 Å². The Morgan fingerprint density at radius 3 is 2.38 bits per heavy atom. The fourth-order valence-electron chi connectivity index (χ4n) is 3.89. The average molecular weight is 445 g/mol. The van der Waals surface area contributed by atoms with Gasteiger partial charge in [0.2, 0.25) is 0 Å². The first-order valence-electron chi connectivity index (χ1n) is 10.6. The number of hydrogen-bond acceptors (Lipinski definition) is 5. The van der Waals surface area contributed by atoms with E-state index in [0.717, 1.165) is 50.1 Å². The molecule has 0 aromatic heterocycles. The van der Waals surface area contributed by atoms with Crippen molar-refractivity contribution in [3.8, 4) is 5.75 Å². The lowest BCUT2D eigenvalue weighted by atomic mass is 10.1. The van der Waals surface area contributed by atoms with Crippen LogP contribution < -0.4 is 10.2 Å². The molecule has 2 aliphatic rings. The Bertz CT molecular complexity index is 1030. The Balaban J connectivity index is 1.58. The van der Waals surface area contributed by atoms with Crippen LogP contribution >= 0.6 is 0 Å². The Hall–Kier alpha value is -2.97. The highest BCUT2D eigenvalue weighted by Gasteiger charge is 2.19. The van der Waals surface area contributed by atoms with Gasteiger partial charge in [-0.25, -0.2) is 13.2 Å². The summed E-state index contributed by atoms with van der Waals surface area (Å²) in [6, 6.07) is 8.67. The summed E-state index contributed by atoms with van der Waals surface area (Å²) in [6.07, 6.45) is 3.96. The fraction of sp³-hybridized carbons (Fsp3) is 0.333. The van der Waals surface area contributed by atoms with Crippen LogP contribution in [0.3, 0.4) is 0 Å². The number of benzene rings is 2. The van der Waals surface area contributed by atoms with Crippen molar-refractivity contribution < 1.29 is 17.9 Å². The summed E-state index contributed by atoms with van der Waals surface area (Å²) in [6.45, 7) is 5.00. The molecule has 0 aliphatic carbocycles. The van der Waals surface area contributed by atoms with Gasteiger partial charge in [0, 0.05) is 44.5 Å². The predicted octanol–water partition coefficient (Wildman–Crippen LogP) is 3.61. The summed E-state index contributed by atoms with van der Waals surface area (Å²) in [4.78, 5) is 4.67. The summed E-state index contributed by atoms with van der Waals surface area (Å²) in [5.74, 6) is -2.03. The van der Waals surface area contributed by atoms with Crippen molar-refractivity contribution in [2.45, 2.75) is 6.54 Å². The lowest BCUT2D eigenvalue weighted by molar-refractivity contribution is 0.163. The van der Waals surface area contributed by atoms with Crippen LogP contribution in [-0.4, -0.2) is 61.7 Å². The highest BCUT2D eigenvalue weighted by atomic mass is 19.2. The molecule has 2 aliphatic heterocycles. The van der Waals surface area contributed by atoms with E-state index in [2.05, 4.69) is 22.3 Å². The quantitative estimate of drug-likeness (QED) is 0.736. The molecule has 1 saturated heterocycles. The van der Waals surface area contributed by atoms with Crippen molar-refractivity contribution in [2.24, 2.45) is 0 Å². The molecule has 0 unspecified atom stereocenters. The van der Waals surface area contributed by atoms with Gasteiger partial charge in [0.1, 0.15) is 0 Å². The van der Waals surface area contributed by atoms with Crippen LogP contribution in [0.25, 0.3) is 5.70 Å². The number of rotatable bonds is 6. The minimum absolute atomic E-state index is 0.178. The third-order valence-electron chi connectivity index (χ3n) is 5.72. The summed E-state index contributed by atoms with van der Waals surface area (Å²) in [5.41, 5.74) is 6.31. The van der Waals surface area contributed by atoms with Gasteiger partial charge in [0.05, 0.1) is 19.4 Å². The second-order valence-electron chi connectivity index (χ2n) is 8.18. The van der Waals surface area contributed by atoms with E-state index in [9.17, 15) is 13.2 Å². The summed E-state index contributed by atoms with van der Waals surface area (Å²) in [5, 5.41) is 1.82. The largest absolute Gasteiger partial charge is 0.494 e. The normalized spacial score (nSPS) is 17.6. The van der Waals surface area contributed by atoms with E-state index in [1.165, 1.54) is 19.2 Å². The number of halogens is 3. The summed E-state index contributed by atoms with van der Waals surface area (Å²) < 4.78 is 46.4. The van der Waals surface area contributed by atoms with E-state index >= 15 is 0 Å². The minimum atomic E-state index is -0.880. The smallest absolute Gasteiger partial charge is 0.165 e. The topological polar surface area (TPSA) is 31.0 Å². The second kappa shape index (κ2) is 9.67. The SMILES string of the molecule is COc1ccc(C2=CC(CN3CCN(C)CC3)=CN(Cc3ccc(F)c(F)c3)N2)cc1F. The molecular formula is C24H27F3N4O. The number of methoxy groups -OCH3 is 1. The molecule has 0 atom stereocenters. The molecule has 32 heavy (non-hydrogen) atoms. The molecule has 8 heteroatoms. The van der Waals surface area contributed by atoms with Crippen LogP contribution in [0.2, 0.25) is 0 Å². The molecule has 1 fully saturated rings. The van der Waals surface area contributed by atoms with E-state index in [-0.39, 0.29) is 5.75 Å². The zero-order valence-corrected chi connectivity index (χ0v) is 18.2. The zero-order chi connectivity index (χ0) is 22.7. The number of likely N-dealkylation sites (N-methyl/N-ethyl adjacent to an activating group) is 1. The standard InChI is InChI=1S/C24H27F3N4O/c1-29-7-9-30(10-8-29)14-18-12-23(19-4-6-24(32-2)22(27)13-19)28-31(16-18)15-17-3-5-20(25)21(26)11-17/h3-6,11-13,16,28H,7-10,14-15H2,1-2H3. The monoisotopic (exact) mass is 444 g/mol. The van der Waals surface area contributed by atoms with Gasteiger partial charge in [-0.2, -0.15) is 0 Å². The highest BCUT2D eigenvalue weighted by Crippen LogP contribution is 2.25. The van der Waals surface area contributed by atoms with Crippen molar-refractivity contribution in [1.82, 2.24) is 20.2 Å². The number of ether oxygens (including phenoxy) is 1. The van der Waals surface area contributed by atoms with Gasteiger partial charge >= 0.3 is 0 Å². The van der Waals surface area contributed by atoms with Crippen LogP contribution in [0.1, 0.15) is 11.1 Å². The number of nitrogens with one attached hydrogen (secondary N) is 1. The Kier molecular flexibility index (Phi) is 6.72. The van der Waals surface area contributed by atoms with Crippen molar-refractivity contribution >= 4 is 5.70 Å². The maximum atomic E-state index is 14.3. The molecule has 1 N–H and O–H groups in total. The van der Waals surface area contributed by atoms with Gasteiger partial charge in [0.15, 0.2) is 23.2 Å². The predicted molar refractivity (Wildman–Crippen MR) is 118 cm³/mol.